The van der Waals surface area contributed by atoms with Gasteiger partial charge in [-0.2, -0.15) is 0 Å². The van der Waals surface area contributed by atoms with Crippen molar-refractivity contribution in [3.05, 3.63) is 0 Å². The summed E-state index contributed by atoms with van der Waals surface area (Å²) in [5.74, 6) is -1.46. The molecule has 1 rings (SSSR count). The van der Waals surface area contributed by atoms with E-state index in [-0.39, 0.29) is 0 Å². The molecule has 0 aliphatic heterocycles. The molecule has 1 atom stereocenters. The molecule has 1 unspecified atom stereocenters. The van der Waals surface area contributed by atoms with Crippen molar-refractivity contribution in [3.63, 3.8) is 0 Å². The zero-order valence-electron chi connectivity index (χ0n) is 8.84. The first-order chi connectivity index (χ1) is 7.03. The number of esters is 1. The van der Waals surface area contributed by atoms with E-state index < -0.39 is 23.9 Å². The van der Waals surface area contributed by atoms with Crippen molar-refractivity contribution in [1.82, 2.24) is 0 Å². The number of nitrogens with two attached hydrogens (primary N) is 1. The maximum absolute atomic E-state index is 12.9. The van der Waals surface area contributed by atoms with Crippen LogP contribution in [0.5, 0.6) is 0 Å². The number of alkyl halides is 2. The molecule has 0 aromatic heterocycles. The van der Waals surface area contributed by atoms with Gasteiger partial charge in [0.15, 0.2) is 5.54 Å². The fourth-order valence-corrected chi connectivity index (χ4v) is 2.19. The van der Waals surface area contributed by atoms with E-state index in [1.54, 1.807) is 0 Å². The minimum absolute atomic E-state index is 0.460. The zero-order valence-corrected chi connectivity index (χ0v) is 8.84. The lowest BCUT2D eigenvalue weighted by molar-refractivity contribution is -0.158. The molecule has 0 radical (unpaired) electrons. The summed E-state index contributed by atoms with van der Waals surface area (Å²) in [7, 11) is 1.09. The molecule has 0 spiro atoms. The Morgan fingerprint density at radius 3 is 2.33 bits per heavy atom. The molecule has 1 fully saturated rings. The monoisotopic (exact) mass is 221 g/mol. The Hall–Kier alpha value is -0.710. The van der Waals surface area contributed by atoms with E-state index in [2.05, 4.69) is 4.74 Å². The molecule has 1 aliphatic carbocycles. The average molecular weight is 221 g/mol. The number of carbonyl (C=O) groups is 1. The predicted molar refractivity (Wildman–Crippen MR) is 51.5 cm³/mol. The highest BCUT2D eigenvalue weighted by Crippen LogP contribution is 2.35. The molecule has 15 heavy (non-hydrogen) atoms. The standard InChI is InChI=1S/C10H17F2NO2/c1-15-9(14)10(13,8(11)12)7-5-3-2-4-6-7/h7-8H,2-6,13H2,1H3. The maximum Gasteiger partial charge on any atom is 0.332 e. The molecule has 0 heterocycles. The fourth-order valence-electron chi connectivity index (χ4n) is 2.19. The maximum atomic E-state index is 12.9. The van der Waals surface area contributed by atoms with Crippen LogP contribution in [0.3, 0.4) is 0 Å². The lowest BCUT2D eigenvalue weighted by atomic mass is 9.75. The Balaban J connectivity index is 2.83. The van der Waals surface area contributed by atoms with Gasteiger partial charge in [-0.25, -0.2) is 13.6 Å². The third-order valence-corrected chi connectivity index (χ3v) is 3.18. The van der Waals surface area contributed by atoms with Crippen LogP contribution in [0.25, 0.3) is 0 Å². The van der Waals surface area contributed by atoms with Crippen molar-refractivity contribution in [2.75, 3.05) is 7.11 Å². The highest BCUT2D eigenvalue weighted by atomic mass is 19.3. The second-order valence-corrected chi connectivity index (χ2v) is 4.06. The minimum Gasteiger partial charge on any atom is -0.467 e. The first kappa shape index (κ1) is 12.4. The summed E-state index contributed by atoms with van der Waals surface area (Å²) in [4.78, 5) is 11.3. The van der Waals surface area contributed by atoms with Crippen LogP contribution in [0.2, 0.25) is 0 Å². The summed E-state index contributed by atoms with van der Waals surface area (Å²) in [5, 5.41) is 0. The number of carbonyl (C=O) groups excluding carboxylic acids is 1. The molecule has 1 saturated carbocycles. The normalized spacial score (nSPS) is 22.5. The SMILES string of the molecule is COC(=O)C(N)(C(F)F)C1CCCCC1. The van der Waals surface area contributed by atoms with Gasteiger partial charge in [0, 0.05) is 0 Å². The Morgan fingerprint density at radius 1 is 1.40 bits per heavy atom. The molecule has 2 N–H and O–H groups in total. The molecule has 3 nitrogen and oxygen atoms in total. The Bertz CT molecular complexity index is 229. The van der Waals surface area contributed by atoms with E-state index in [0.717, 1.165) is 26.4 Å². The van der Waals surface area contributed by atoms with Crippen molar-refractivity contribution in [2.45, 2.75) is 44.1 Å². The van der Waals surface area contributed by atoms with Crippen molar-refractivity contribution in [3.8, 4) is 0 Å². The Morgan fingerprint density at radius 2 is 1.93 bits per heavy atom. The van der Waals surface area contributed by atoms with Crippen LogP contribution in [0.4, 0.5) is 8.78 Å². The summed E-state index contributed by atoms with van der Waals surface area (Å²) >= 11 is 0. The largest absolute Gasteiger partial charge is 0.467 e. The highest BCUT2D eigenvalue weighted by Gasteiger charge is 2.51. The van der Waals surface area contributed by atoms with Crippen LogP contribution in [-0.2, 0) is 9.53 Å². The average Bonchev–Trinajstić information content (AvgIpc) is 2.27. The molecule has 0 aromatic rings. The molecule has 0 aromatic carbocycles. The molecule has 0 bridgehead atoms. The molecule has 0 saturated heterocycles. The van der Waals surface area contributed by atoms with Crippen molar-refractivity contribution in [1.29, 1.82) is 0 Å². The van der Waals surface area contributed by atoms with E-state index in [1.165, 1.54) is 0 Å². The highest BCUT2D eigenvalue weighted by molar-refractivity contribution is 5.81. The Kier molecular flexibility index (Phi) is 4.02. The number of methoxy groups -OCH3 is 1. The molecule has 88 valence electrons. The van der Waals surface area contributed by atoms with Gasteiger partial charge < -0.3 is 10.5 Å². The number of halogens is 2. The summed E-state index contributed by atoms with van der Waals surface area (Å²) in [6, 6.07) is 0. The van der Waals surface area contributed by atoms with E-state index in [4.69, 9.17) is 5.73 Å². The summed E-state index contributed by atoms with van der Waals surface area (Å²) in [6.07, 6.45) is 1.02. The summed E-state index contributed by atoms with van der Waals surface area (Å²) in [5.41, 5.74) is 3.43. The van der Waals surface area contributed by atoms with Crippen LogP contribution >= 0.6 is 0 Å². The topological polar surface area (TPSA) is 52.3 Å². The van der Waals surface area contributed by atoms with Crippen LogP contribution in [0, 0.1) is 5.92 Å². The van der Waals surface area contributed by atoms with Crippen LogP contribution < -0.4 is 5.73 Å². The number of hydrogen-bond acceptors (Lipinski definition) is 3. The Labute approximate surface area is 88.0 Å². The van der Waals surface area contributed by atoms with Gasteiger partial charge in [-0.15, -0.1) is 0 Å². The molecular weight excluding hydrogens is 204 g/mol. The second-order valence-electron chi connectivity index (χ2n) is 4.06. The predicted octanol–water partition coefficient (Wildman–Crippen LogP) is 1.70. The van der Waals surface area contributed by atoms with Crippen LogP contribution in [0.15, 0.2) is 0 Å². The van der Waals surface area contributed by atoms with Crippen molar-refractivity contribution in [2.24, 2.45) is 11.7 Å². The van der Waals surface area contributed by atoms with Gasteiger partial charge in [-0.05, 0) is 18.8 Å². The van der Waals surface area contributed by atoms with Gasteiger partial charge in [0.1, 0.15) is 0 Å². The molecule has 0 amide bonds. The fraction of sp³-hybridized carbons (Fsp3) is 0.900. The number of ether oxygens (including phenoxy) is 1. The van der Waals surface area contributed by atoms with E-state index >= 15 is 0 Å². The first-order valence-corrected chi connectivity index (χ1v) is 5.19. The van der Waals surface area contributed by atoms with Crippen molar-refractivity contribution < 1.29 is 18.3 Å². The quantitative estimate of drug-likeness (QED) is 0.738. The van der Waals surface area contributed by atoms with Gasteiger partial charge in [-0.1, -0.05) is 19.3 Å². The van der Waals surface area contributed by atoms with Gasteiger partial charge in [0.05, 0.1) is 7.11 Å². The lowest BCUT2D eigenvalue weighted by Crippen LogP contribution is -2.60. The van der Waals surface area contributed by atoms with Gasteiger partial charge in [0.25, 0.3) is 6.43 Å². The van der Waals surface area contributed by atoms with Gasteiger partial charge in [0.2, 0.25) is 0 Å². The van der Waals surface area contributed by atoms with Gasteiger partial charge in [-0.3, -0.25) is 0 Å². The van der Waals surface area contributed by atoms with Crippen LogP contribution in [0.1, 0.15) is 32.1 Å². The van der Waals surface area contributed by atoms with Gasteiger partial charge >= 0.3 is 5.97 Å². The third kappa shape index (κ3) is 2.27. The molecular formula is C10H17F2NO2. The zero-order chi connectivity index (χ0) is 11.5. The molecule has 5 heteroatoms. The summed E-state index contributed by atoms with van der Waals surface area (Å²) in [6.45, 7) is 0. The van der Waals surface area contributed by atoms with Crippen molar-refractivity contribution >= 4 is 5.97 Å². The third-order valence-electron chi connectivity index (χ3n) is 3.18. The summed E-state index contributed by atoms with van der Waals surface area (Å²) < 4.78 is 30.1. The van der Waals surface area contributed by atoms with E-state index in [0.29, 0.717) is 12.8 Å². The van der Waals surface area contributed by atoms with E-state index in [9.17, 15) is 13.6 Å². The van der Waals surface area contributed by atoms with E-state index in [1.807, 2.05) is 0 Å². The number of rotatable bonds is 3. The number of hydrogen-bond donors (Lipinski definition) is 1. The smallest absolute Gasteiger partial charge is 0.332 e. The second kappa shape index (κ2) is 4.88. The first-order valence-electron chi connectivity index (χ1n) is 5.19. The molecule has 1 aliphatic rings. The minimum atomic E-state index is -2.87. The lowest BCUT2D eigenvalue weighted by Gasteiger charge is -2.36. The van der Waals surface area contributed by atoms with Crippen LogP contribution in [-0.4, -0.2) is 25.0 Å².